The lowest BCUT2D eigenvalue weighted by Crippen LogP contribution is -1.99. The van der Waals surface area contributed by atoms with Crippen LogP contribution in [0, 0.1) is 0 Å². The van der Waals surface area contributed by atoms with Gasteiger partial charge in [-0.1, -0.05) is 6.07 Å². The van der Waals surface area contributed by atoms with E-state index in [9.17, 15) is 45.7 Å². The van der Waals surface area contributed by atoms with Gasteiger partial charge in [-0.3, -0.25) is 9.11 Å². The van der Waals surface area contributed by atoms with E-state index in [2.05, 4.69) is 30.7 Å². The normalized spacial score (nSPS) is 12.3. The SMILES string of the molecule is COc1cc(N=Nc2ccc(C(=O)O)c(O)c2)c(S(=O)(=O)O)cc1N=Nc1ccc(N=Nc2ccc(C(=O)O)c(O)c2)c2ccc(S(=O)(=O)O)cc12. The molecule has 0 unspecified atom stereocenters. The van der Waals surface area contributed by atoms with Crippen LogP contribution in [-0.2, 0) is 20.2 Å². The van der Waals surface area contributed by atoms with Crippen molar-refractivity contribution in [2.45, 2.75) is 9.79 Å². The lowest BCUT2D eigenvalue weighted by molar-refractivity contribution is 0.0682. The lowest BCUT2D eigenvalue weighted by Gasteiger charge is -2.09. The van der Waals surface area contributed by atoms with E-state index in [1.54, 1.807) is 0 Å². The monoisotopic (exact) mass is 750 g/mol. The van der Waals surface area contributed by atoms with Gasteiger partial charge in [0, 0.05) is 29.0 Å². The van der Waals surface area contributed by atoms with Crippen molar-refractivity contribution in [1.29, 1.82) is 0 Å². The smallest absolute Gasteiger partial charge is 0.339 e. The first-order valence-electron chi connectivity index (χ1n) is 14.1. The molecule has 0 amide bonds. The number of ether oxygens (including phenoxy) is 1. The van der Waals surface area contributed by atoms with Crippen molar-refractivity contribution in [3.05, 3.63) is 90.0 Å². The van der Waals surface area contributed by atoms with E-state index in [-0.39, 0.29) is 50.5 Å². The van der Waals surface area contributed by atoms with Gasteiger partial charge in [0.25, 0.3) is 20.2 Å². The molecule has 5 rings (SSSR count). The first kappa shape index (κ1) is 36.6. The van der Waals surface area contributed by atoms with Gasteiger partial charge in [0.2, 0.25) is 0 Å². The molecule has 0 aliphatic heterocycles. The predicted octanol–water partition coefficient (Wildman–Crippen LogP) is 7.40. The molecular formula is C31H22N6O13S2. The second-order valence-electron chi connectivity index (χ2n) is 10.4. The Morgan fingerprint density at radius 1 is 0.558 bits per heavy atom. The van der Waals surface area contributed by atoms with Gasteiger partial charge in [-0.05, 0) is 54.6 Å². The third-order valence-electron chi connectivity index (χ3n) is 7.01. The number of aromatic carboxylic acids is 2. The van der Waals surface area contributed by atoms with Crippen molar-refractivity contribution in [2.75, 3.05) is 7.11 Å². The summed E-state index contributed by atoms with van der Waals surface area (Å²) in [4.78, 5) is 21.0. The van der Waals surface area contributed by atoms with Crippen molar-refractivity contribution >= 4 is 77.1 Å². The fourth-order valence-electron chi connectivity index (χ4n) is 4.55. The van der Waals surface area contributed by atoms with Crippen molar-refractivity contribution in [3.8, 4) is 17.2 Å². The molecule has 0 atom stereocenters. The summed E-state index contributed by atoms with van der Waals surface area (Å²) in [6, 6.07) is 14.8. The maximum atomic E-state index is 12.3. The van der Waals surface area contributed by atoms with Gasteiger partial charge in [0.1, 0.15) is 44.6 Å². The largest absolute Gasteiger partial charge is 0.507 e. The second-order valence-corrected chi connectivity index (χ2v) is 13.2. The van der Waals surface area contributed by atoms with Gasteiger partial charge in [-0.2, -0.15) is 27.1 Å². The minimum absolute atomic E-state index is 0.0215. The van der Waals surface area contributed by atoms with Crippen molar-refractivity contribution in [1.82, 2.24) is 0 Å². The highest BCUT2D eigenvalue weighted by atomic mass is 32.2. The minimum Gasteiger partial charge on any atom is -0.507 e. The van der Waals surface area contributed by atoms with Crippen LogP contribution in [0.25, 0.3) is 10.8 Å². The molecule has 0 fully saturated rings. The van der Waals surface area contributed by atoms with E-state index in [0.29, 0.717) is 0 Å². The molecule has 0 aromatic heterocycles. The molecule has 0 heterocycles. The molecule has 0 bridgehead atoms. The third kappa shape index (κ3) is 8.03. The number of carboxylic acids is 2. The second kappa shape index (κ2) is 14.3. The van der Waals surface area contributed by atoms with Crippen molar-refractivity contribution in [3.63, 3.8) is 0 Å². The number of rotatable bonds is 11. The highest BCUT2D eigenvalue weighted by Gasteiger charge is 2.21. The zero-order valence-electron chi connectivity index (χ0n) is 26.0. The summed E-state index contributed by atoms with van der Waals surface area (Å²) in [6.07, 6.45) is 0. The van der Waals surface area contributed by atoms with E-state index < -0.39 is 64.7 Å². The molecule has 0 spiro atoms. The van der Waals surface area contributed by atoms with Gasteiger partial charge in [-0.15, -0.1) is 20.5 Å². The van der Waals surface area contributed by atoms with Gasteiger partial charge in [-0.25, -0.2) is 9.59 Å². The van der Waals surface area contributed by atoms with Crippen molar-refractivity contribution in [2.24, 2.45) is 30.7 Å². The first-order chi connectivity index (χ1) is 24.5. The molecule has 52 heavy (non-hydrogen) atoms. The van der Waals surface area contributed by atoms with Crippen LogP contribution in [0.4, 0.5) is 34.1 Å². The number of aromatic hydroxyl groups is 2. The number of azo groups is 3. The van der Waals surface area contributed by atoms with Crippen LogP contribution >= 0.6 is 0 Å². The Balaban J connectivity index is 1.58. The molecule has 19 nitrogen and oxygen atoms in total. The lowest BCUT2D eigenvalue weighted by atomic mass is 10.1. The Labute approximate surface area is 292 Å². The van der Waals surface area contributed by atoms with Crippen LogP contribution in [0.15, 0.2) is 119 Å². The summed E-state index contributed by atoms with van der Waals surface area (Å²) in [6.45, 7) is 0. The van der Waals surface area contributed by atoms with Gasteiger partial charge < -0.3 is 25.2 Å². The number of carbonyl (C=O) groups is 2. The number of carboxylic acid groups (broad SMARTS) is 2. The molecule has 0 aliphatic rings. The van der Waals surface area contributed by atoms with Crippen LogP contribution in [0.1, 0.15) is 20.7 Å². The van der Waals surface area contributed by atoms with E-state index in [1.807, 2.05) is 0 Å². The van der Waals surface area contributed by atoms with E-state index in [1.165, 1.54) is 37.4 Å². The van der Waals surface area contributed by atoms with Crippen molar-refractivity contribution < 1.29 is 60.7 Å². The van der Waals surface area contributed by atoms with Crippen LogP contribution in [0.3, 0.4) is 0 Å². The van der Waals surface area contributed by atoms with Crippen LogP contribution in [0.5, 0.6) is 17.2 Å². The van der Waals surface area contributed by atoms with Crippen LogP contribution in [-0.4, -0.2) is 65.4 Å². The average Bonchev–Trinajstić information content (AvgIpc) is 3.07. The molecule has 0 aliphatic carbocycles. The fraction of sp³-hybridized carbons (Fsp3) is 0.0323. The number of fused-ring (bicyclic) bond motifs is 1. The molecule has 6 N–H and O–H groups in total. The van der Waals surface area contributed by atoms with Gasteiger partial charge in [0.05, 0.1) is 34.8 Å². The number of benzene rings is 5. The van der Waals surface area contributed by atoms with Gasteiger partial charge in [0.15, 0.2) is 0 Å². The molecular weight excluding hydrogens is 729 g/mol. The first-order valence-corrected chi connectivity index (χ1v) is 17.0. The molecule has 5 aromatic rings. The Kier molecular flexibility index (Phi) is 10.0. The maximum absolute atomic E-state index is 12.3. The number of hydrogen-bond donors (Lipinski definition) is 6. The zero-order valence-corrected chi connectivity index (χ0v) is 27.7. The molecule has 0 saturated heterocycles. The average molecular weight is 751 g/mol. The maximum Gasteiger partial charge on any atom is 0.339 e. The standard InChI is InChI=1S/C31H22N6O13S2/c1-50-28-13-25(37-33-16-3-6-20(31(42)43)27(39)11-16)29(52(47,48)49)14-24(28)36-35-23-9-8-22(18-7-4-17(12-21(18)23)51(44,45)46)34-32-15-2-5-19(30(40)41)26(38)10-15/h2-14,38-39H,1H3,(H,40,41)(H,42,43)(H,44,45,46)(H,47,48,49). The molecule has 21 heteroatoms. The Morgan fingerprint density at radius 3 is 1.54 bits per heavy atom. The fourth-order valence-corrected chi connectivity index (χ4v) is 5.68. The van der Waals surface area contributed by atoms with E-state index >= 15 is 0 Å². The third-order valence-corrected chi connectivity index (χ3v) is 8.75. The minimum atomic E-state index is -5.00. The summed E-state index contributed by atoms with van der Waals surface area (Å²) >= 11 is 0. The summed E-state index contributed by atoms with van der Waals surface area (Å²) in [5.41, 5.74) is -1.35. The molecule has 266 valence electrons. The Morgan fingerprint density at radius 2 is 1.06 bits per heavy atom. The molecule has 0 radical (unpaired) electrons. The van der Waals surface area contributed by atoms with Crippen LogP contribution < -0.4 is 4.74 Å². The number of nitrogens with zero attached hydrogens (tertiary/aromatic N) is 6. The van der Waals surface area contributed by atoms with Crippen LogP contribution in [0.2, 0.25) is 0 Å². The quantitative estimate of drug-likeness (QED) is 0.0567. The van der Waals surface area contributed by atoms with E-state index in [0.717, 1.165) is 48.5 Å². The highest BCUT2D eigenvalue weighted by molar-refractivity contribution is 7.86. The number of hydrogen-bond acceptors (Lipinski definition) is 15. The predicted molar refractivity (Wildman–Crippen MR) is 179 cm³/mol. The molecule has 0 saturated carbocycles. The number of phenols is 2. The summed E-state index contributed by atoms with van der Waals surface area (Å²) in [5.74, 6) is -4.07. The highest BCUT2D eigenvalue weighted by Crippen LogP contribution is 2.41. The summed E-state index contributed by atoms with van der Waals surface area (Å²) < 4.78 is 73.5. The summed E-state index contributed by atoms with van der Waals surface area (Å²) in [5, 5.41) is 62.3. The van der Waals surface area contributed by atoms with E-state index in [4.69, 9.17) is 14.9 Å². The summed E-state index contributed by atoms with van der Waals surface area (Å²) in [7, 11) is -8.50. The zero-order chi connectivity index (χ0) is 38.0. The topological polar surface area (TPSA) is 307 Å². The molecule has 5 aromatic carbocycles. The Hall–Kier alpha value is -6.68. The van der Waals surface area contributed by atoms with Gasteiger partial charge >= 0.3 is 11.9 Å². The number of methoxy groups -OCH3 is 1. The Bertz CT molecular complexity index is 2610.